The zero-order valence-electron chi connectivity index (χ0n) is 13.4. The maximum Gasteiger partial charge on any atom is 0.165 e. The molecule has 0 bridgehead atoms. The fourth-order valence-corrected chi connectivity index (χ4v) is 3.11. The van der Waals surface area contributed by atoms with Crippen molar-refractivity contribution in [2.45, 2.75) is 53.5 Å². The predicted molar refractivity (Wildman–Crippen MR) is 81.2 cm³/mol. The summed E-state index contributed by atoms with van der Waals surface area (Å²) >= 11 is 0. The number of Topliss-reactive ketones (excluding diaryl/α,β-unsaturated/α-hetero) is 1. The first kappa shape index (κ1) is 15.3. The molecule has 0 saturated carbocycles. The van der Waals surface area contributed by atoms with Crippen molar-refractivity contribution in [3.63, 3.8) is 0 Å². The van der Waals surface area contributed by atoms with Crippen LogP contribution in [-0.2, 0) is 11.2 Å². The van der Waals surface area contributed by atoms with Gasteiger partial charge in [0.2, 0.25) is 0 Å². The first-order chi connectivity index (χ1) is 9.35. The molecule has 0 aromatic carbocycles. The topological polar surface area (TPSA) is 31.2 Å². The first-order valence-corrected chi connectivity index (χ1v) is 7.66. The van der Waals surface area contributed by atoms with E-state index >= 15 is 0 Å². The Kier molecular flexibility index (Phi) is 4.38. The quantitative estimate of drug-likeness (QED) is 0.818. The van der Waals surface area contributed by atoms with Gasteiger partial charge in [-0.15, -0.1) is 0 Å². The van der Waals surface area contributed by atoms with Crippen molar-refractivity contribution in [3.8, 4) is 0 Å². The van der Waals surface area contributed by atoms with Gasteiger partial charge in [-0.2, -0.15) is 0 Å². The summed E-state index contributed by atoms with van der Waals surface area (Å²) in [5, 5.41) is 0. The van der Waals surface area contributed by atoms with E-state index in [4.69, 9.17) is 4.74 Å². The predicted octanol–water partition coefficient (Wildman–Crippen LogP) is 3.88. The van der Waals surface area contributed by atoms with Crippen molar-refractivity contribution >= 4 is 5.78 Å². The Morgan fingerprint density at radius 3 is 2.65 bits per heavy atom. The highest BCUT2D eigenvalue weighted by Gasteiger charge is 2.34. The van der Waals surface area contributed by atoms with Crippen molar-refractivity contribution in [2.75, 3.05) is 13.2 Å². The summed E-state index contributed by atoms with van der Waals surface area (Å²) in [6, 6.07) is 2.30. The highest BCUT2D eigenvalue weighted by atomic mass is 16.5. The molecule has 20 heavy (non-hydrogen) atoms. The summed E-state index contributed by atoms with van der Waals surface area (Å²) in [6.07, 6.45) is 3.70. The molecule has 0 radical (unpaired) electrons. The van der Waals surface area contributed by atoms with Gasteiger partial charge in [0.05, 0.1) is 12.6 Å². The van der Waals surface area contributed by atoms with Crippen LogP contribution in [0.1, 0.15) is 63.1 Å². The lowest BCUT2D eigenvalue weighted by molar-refractivity contribution is 0.0874. The molecule has 1 aromatic heterocycles. The van der Waals surface area contributed by atoms with Gasteiger partial charge in [-0.25, -0.2) is 0 Å². The third kappa shape index (κ3) is 2.98. The Bertz CT molecular complexity index is 485. The smallest absolute Gasteiger partial charge is 0.165 e. The lowest BCUT2D eigenvalue weighted by Crippen LogP contribution is -2.30. The second kappa shape index (κ2) is 5.72. The molecule has 0 N–H and O–H groups in total. The fourth-order valence-electron chi connectivity index (χ4n) is 3.11. The van der Waals surface area contributed by atoms with Gasteiger partial charge < -0.3 is 9.30 Å². The van der Waals surface area contributed by atoms with Crippen LogP contribution in [0, 0.1) is 11.3 Å². The van der Waals surface area contributed by atoms with Gasteiger partial charge in [0, 0.05) is 30.5 Å². The van der Waals surface area contributed by atoms with E-state index in [-0.39, 0.29) is 11.2 Å². The highest BCUT2D eigenvalue weighted by molar-refractivity contribution is 5.98. The van der Waals surface area contributed by atoms with Crippen LogP contribution in [0.15, 0.2) is 12.3 Å². The third-order valence-corrected chi connectivity index (χ3v) is 4.23. The van der Waals surface area contributed by atoms with E-state index in [2.05, 4.69) is 38.5 Å². The monoisotopic (exact) mass is 277 g/mol. The summed E-state index contributed by atoms with van der Waals surface area (Å²) < 4.78 is 7.93. The van der Waals surface area contributed by atoms with Crippen LogP contribution in [0.3, 0.4) is 0 Å². The minimum Gasteiger partial charge on any atom is -0.380 e. The number of hydrogen-bond acceptors (Lipinski definition) is 2. The molecule has 1 atom stereocenters. The van der Waals surface area contributed by atoms with Crippen LogP contribution in [0.5, 0.6) is 0 Å². The minimum atomic E-state index is 0.0628. The molecule has 0 spiro atoms. The number of rotatable bonds is 5. The molecule has 3 nitrogen and oxygen atoms in total. The number of nitrogens with zero attached hydrogens (tertiary/aromatic N) is 1. The number of aromatic nitrogens is 1. The molecule has 1 unspecified atom stereocenters. The lowest BCUT2D eigenvalue weighted by Gasteiger charge is -2.32. The molecule has 1 heterocycles. The number of hydrogen-bond donors (Lipinski definition) is 0. The average Bonchev–Trinajstić information content (AvgIpc) is 2.72. The molecule has 2 rings (SSSR count). The van der Waals surface area contributed by atoms with Gasteiger partial charge in [-0.3, -0.25) is 4.79 Å². The number of fused-ring (bicyclic) bond motifs is 1. The maximum atomic E-state index is 12.3. The van der Waals surface area contributed by atoms with E-state index < -0.39 is 0 Å². The van der Waals surface area contributed by atoms with Crippen molar-refractivity contribution < 1.29 is 9.53 Å². The molecular formula is C17H27NO2. The van der Waals surface area contributed by atoms with Crippen LogP contribution in [0.25, 0.3) is 0 Å². The fraction of sp³-hybridized carbons (Fsp3) is 0.706. The molecule has 1 aliphatic rings. The van der Waals surface area contributed by atoms with E-state index in [0.717, 1.165) is 18.6 Å². The standard InChI is InChI=1S/C17H27NO2/c1-6-20-11-15(12(2)3)18-8-7-13-14(18)9-17(4,5)10-16(13)19/h7-8,12,15H,6,9-11H2,1-5H3. The second-order valence-electron chi connectivity index (χ2n) is 7.00. The van der Waals surface area contributed by atoms with Crippen molar-refractivity contribution in [1.82, 2.24) is 4.57 Å². The Balaban J connectivity index is 2.36. The third-order valence-electron chi connectivity index (χ3n) is 4.23. The molecule has 3 heteroatoms. The van der Waals surface area contributed by atoms with E-state index in [1.165, 1.54) is 5.69 Å². The molecule has 112 valence electrons. The number of ether oxygens (including phenoxy) is 1. The maximum absolute atomic E-state index is 12.3. The number of ketones is 1. The van der Waals surface area contributed by atoms with Crippen molar-refractivity contribution in [1.29, 1.82) is 0 Å². The van der Waals surface area contributed by atoms with Crippen LogP contribution >= 0.6 is 0 Å². The summed E-state index contributed by atoms with van der Waals surface area (Å²) in [4.78, 5) is 12.3. The molecule has 0 fully saturated rings. The van der Waals surface area contributed by atoms with E-state index in [1.54, 1.807) is 0 Å². The van der Waals surface area contributed by atoms with Gasteiger partial charge in [-0.1, -0.05) is 27.7 Å². The van der Waals surface area contributed by atoms with Crippen LogP contribution in [0.4, 0.5) is 0 Å². The highest BCUT2D eigenvalue weighted by Crippen LogP contribution is 2.37. The Hall–Kier alpha value is -1.09. The van der Waals surface area contributed by atoms with Gasteiger partial charge in [0.1, 0.15) is 0 Å². The van der Waals surface area contributed by atoms with Gasteiger partial charge in [0.25, 0.3) is 0 Å². The first-order valence-electron chi connectivity index (χ1n) is 7.66. The second-order valence-corrected chi connectivity index (χ2v) is 7.00. The molecule has 1 aromatic rings. The summed E-state index contributed by atoms with van der Waals surface area (Å²) in [5.41, 5.74) is 2.18. The molecule has 1 aliphatic carbocycles. The molecule has 0 aliphatic heterocycles. The summed E-state index contributed by atoms with van der Waals surface area (Å²) in [6.45, 7) is 12.3. The zero-order valence-corrected chi connectivity index (χ0v) is 13.4. The normalized spacial score (nSPS) is 19.2. The van der Waals surface area contributed by atoms with E-state index in [0.29, 0.717) is 25.0 Å². The SMILES string of the molecule is CCOCC(C(C)C)n1ccc2c1CC(C)(C)CC2=O. The van der Waals surface area contributed by atoms with Crippen LogP contribution in [-0.4, -0.2) is 23.6 Å². The number of carbonyl (C=O) groups is 1. The van der Waals surface area contributed by atoms with Gasteiger partial charge in [-0.05, 0) is 30.7 Å². The van der Waals surface area contributed by atoms with Gasteiger partial charge in [0.15, 0.2) is 5.78 Å². The number of carbonyl (C=O) groups excluding carboxylic acids is 1. The zero-order chi connectivity index (χ0) is 14.9. The molecular weight excluding hydrogens is 250 g/mol. The molecule has 0 amide bonds. The Morgan fingerprint density at radius 1 is 1.35 bits per heavy atom. The van der Waals surface area contributed by atoms with Crippen molar-refractivity contribution in [2.24, 2.45) is 11.3 Å². The summed E-state index contributed by atoms with van der Waals surface area (Å²) in [7, 11) is 0. The lowest BCUT2D eigenvalue weighted by atomic mass is 9.76. The van der Waals surface area contributed by atoms with Gasteiger partial charge >= 0.3 is 0 Å². The van der Waals surface area contributed by atoms with E-state index in [9.17, 15) is 4.79 Å². The molecule has 0 saturated heterocycles. The van der Waals surface area contributed by atoms with Crippen LogP contribution in [0.2, 0.25) is 0 Å². The van der Waals surface area contributed by atoms with E-state index in [1.807, 2.05) is 13.0 Å². The average molecular weight is 277 g/mol. The van der Waals surface area contributed by atoms with Crippen molar-refractivity contribution in [3.05, 3.63) is 23.5 Å². The van der Waals surface area contributed by atoms with Crippen LogP contribution < -0.4 is 0 Å². The Labute approximate surface area is 122 Å². The Morgan fingerprint density at radius 2 is 2.05 bits per heavy atom. The summed E-state index contributed by atoms with van der Waals surface area (Å²) in [5.74, 6) is 0.770. The largest absolute Gasteiger partial charge is 0.380 e. The minimum absolute atomic E-state index is 0.0628.